The second kappa shape index (κ2) is 14.2. The van der Waals surface area contributed by atoms with Gasteiger partial charge in [-0.2, -0.15) is 13.2 Å². The lowest BCUT2D eigenvalue weighted by Crippen LogP contribution is -2.42. The Hall–Kier alpha value is -4.24. The molecule has 0 spiro atoms. The zero-order chi connectivity index (χ0) is 32.9. The molecule has 0 fully saturated rings. The van der Waals surface area contributed by atoms with Crippen molar-refractivity contribution >= 4 is 52.3 Å². The van der Waals surface area contributed by atoms with Crippen LogP contribution in [0, 0.1) is 11.7 Å². The predicted octanol–water partition coefficient (Wildman–Crippen LogP) is 4.16. The highest BCUT2D eigenvalue weighted by Crippen LogP contribution is 2.43. The van der Waals surface area contributed by atoms with E-state index in [0.29, 0.717) is 6.54 Å². The van der Waals surface area contributed by atoms with Crippen LogP contribution in [0.5, 0.6) is 0 Å². The summed E-state index contributed by atoms with van der Waals surface area (Å²) < 4.78 is 62.5. The van der Waals surface area contributed by atoms with E-state index in [-0.39, 0.29) is 46.6 Å². The average Bonchev–Trinajstić information content (AvgIpc) is 3.50. The fraction of sp³-hybridized carbons (Fsp3) is 0.414. The van der Waals surface area contributed by atoms with Crippen LogP contribution in [-0.2, 0) is 19.1 Å². The number of halogens is 5. The molecule has 0 radical (unpaired) electrons. The summed E-state index contributed by atoms with van der Waals surface area (Å²) in [6.45, 7) is 7.52. The number of rotatable bonds is 12. The van der Waals surface area contributed by atoms with Gasteiger partial charge in [-0.15, -0.1) is 0 Å². The molecule has 45 heavy (non-hydrogen) atoms. The van der Waals surface area contributed by atoms with E-state index in [1.807, 2.05) is 13.8 Å². The number of hydrogen-bond donors (Lipinski definition) is 4. The lowest BCUT2D eigenvalue weighted by molar-refractivity contribution is -0.152. The molecule has 4 N–H and O–H groups in total. The van der Waals surface area contributed by atoms with Gasteiger partial charge in [0.1, 0.15) is 29.7 Å². The van der Waals surface area contributed by atoms with Crippen molar-refractivity contribution in [3.05, 3.63) is 58.3 Å². The summed E-state index contributed by atoms with van der Waals surface area (Å²) in [6, 6.07) is 2.40. The molecule has 16 heteroatoms. The van der Waals surface area contributed by atoms with Crippen LogP contribution in [0.3, 0.4) is 0 Å². The Bertz CT molecular complexity index is 1530. The molecule has 0 saturated carbocycles. The number of ether oxygens (including phenoxy) is 1. The van der Waals surface area contributed by atoms with Crippen molar-refractivity contribution in [2.75, 3.05) is 43.4 Å². The molecule has 2 unspecified atom stereocenters. The molecule has 2 aliphatic rings. The molecule has 1 aromatic heterocycles. The van der Waals surface area contributed by atoms with E-state index in [9.17, 15) is 31.9 Å². The Kier molecular flexibility index (Phi) is 10.7. The van der Waals surface area contributed by atoms with Crippen molar-refractivity contribution in [1.82, 2.24) is 25.5 Å². The van der Waals surface area contributed by atoms with Gasteiger partial charge in [0.2, 0.25) is 5.91 Å². The molecule has 0 aliphatic carbocycles. The van der Waals surface area contributed by atoms with Crippen molar-refractivity contribution in [2.45, 2.75) is 39.4 Å². The second-order valence-electron chi connectivity index (χ2n) is 10.1. The van der Waals surface area contributed by atoms with Gasteiger partial charge in [0, 0.05) is 30.9 Å². The molecular formula is C29H32ClF4N7O4. The molecule has 3 heterocycles. The summed E-state index contributed by atoms with van der Waals surface area (Å²) in [4.78, 5) is 49.0. The van der Waals surface area contributed by atoms with Gasteiger partial charge in [-0.3, -0.25) is 14.4 Å². The van der Waals surface area contributed by atoms with Gasteiger partial charge in [0.25, 0.3) is 5.91 Å². The molecule has 242 valence electrons. The van der Waals surface area contributed by atoms with E-state index in [1.54, 1.807) is 0 Å². The smallest absolute Gasteiger partial charge is 0.415 e. The number of alkyl halides is 3. The van der Waals surface area contributed by atoms with Crippen LogP contribution in [-0.4, -0.2) is 77.7 Å². The van der Waals surface area contributed by atoms with E-state index in [4.69, 9.17) is 16.3 Å². The van der Waals surface area contributed by atoms with Crippen LogP contribution in [0.15, 0.2) is 41.9 Å². The van der Waals surface area contributed by atoms with Crippen LogP contribution >= 0.6 is 11.6 Å². The highest BCUT2D eigenvalue weighted by atomic mass is 35.5. The molecule has 0 bridgehead atoms. The third kappa shape index (κ3) is 7.71. The maximum atomic E-state index is 14.6. The maximum absolute atomic E-state index is 14.6. The summed E-state index contributed by atoms with van der Waals surface area (Å²) in [5.41, 5.74) is -1.81. The Morgan fingerprint density at radius 1 is 1.18 bits per heavy atom. The van der Waals surface area contributed by atoms with Gasteiger partial charge in [0.15, 0.2) is 0 Å². The first-order valence-corrected chi connectivity index (χ1v) is 14.6. The van der Waals surface area contributed by atoms with Gasteiger partial charge >= 0.3 is 12.1 Å². The quantitative estimate of drug-likeness (QED) is 0.151. The molecule has 0 saturated heterocycles. The molecular weight excluding hydrogens is 622 g/mol. The zero-order valence-electron chi connectivity index (χ0n) is 24.6. The van der Waals surface area contributed by atoms with Gasteiger partial charge < -0.3 is 30.9 Å². The Morgan fingerprint density at radius 3 is 2.56 bits per heavy atom. The van der Waals surface area contributed by atoms with Gasteiger partial charge in [-0.05, 0) is 44.3 Å². The molecule has 2 amide bonds. The summed E-state index contributed by atoms with van der Waals surface area (Å²) >= 11 is 5.87. The van der Waals surface area contributed by atoms with Crippen molar-refractivity contribution in [3.63, 3.8) is 0 Å². The predicted molar refractivity (Wildman–Crippen MR) is 159 cm³/mol. The monoisotopic (exact) mass is 653 g/mol. The number of aromatic nitrogens is 2. The number of benzene rings is 1. The SMILES string of the molecule is CCOC(=O)C1C(C(F)(F)F)=C(/C=C2\C(=O)Nc3ncnc(Nc4ccc(F)c(Cl)c4)c32)NC1CC(=O)NCCN(CC)CC. The van der Waals surface area contributed by atoms with Crippen molar-refractivity contribution in [1.29, 1.82) is 0 Å². The standard InChI is InChI=1S/C29H32ClF4N7O4/c1-4-41(5-2)10-9-35-21(42)13-19-23(28(44)45-6-3)24(29(32,33)34)20(39-19)12-16-22-25(36-14-37-26(22)40-27(16)43)38-15-7-8-18(31)17(30)11-15/h7-8,11-12,14,19,23,39H,4-6,9-10,13H2,1-3H3,(H,35,42)(H2,36,37,38,40,43)/b16-12-. The van der Waals surface area contributed by atoms with E-state index in [1.165, 1.54) is 19.1 Å². The van der Waals surface area contributed by atoms with Crippen LogP contribution in [0.4, 0.5) is 34.9 Å². The number of fused-ring (bicyclic) bond motifs is 1. The van der Waals surface area contributed by atoms with Crippen molar-refractivity contribution < 1.29 is 36.7 Å². The number of esters is 1. The molecule has 11 nitrogen and oxygen atoms in total. The minimum absolute atomic E-state index is 0.00943. The zero-order valence-corrected chi connectivity index (χ0v) is 25.4. The third-order valence-corrected chi connectivity index (χ3v) is 7.59. The molecule has 2 aliphatic heterocycles. The number of carbonyl (C=O) groups excluding carboxylic acids is 3. The van der Waals surface area contributed by atoms with E-state index >= 15 is 0 Å². The maximum Gasteiger partial charge on any atom is 0.415 e. The third-order valence-electron chi connectivity index (χ3n) is 7.30. The largest absolute Gasteiger partial charge is 0.465 e. The summed E-state index contributed by atoms with van der Waals surface area (Å²) in [7, 11) is 0. The lowest BCUT2D eigenvalue weighted by atomic mass is 9.91. The number of carbonyl (C=O) groups is 3. The Balaban J connectivity index is 1.71. The molecule has 2 aromatic rings. The topological polar surface area (TPSA) is 138 Å². The van der Waals surface area contributed by atoms with Gasteiger partial charge in [-0.1, -0.05) is 25.4 Å². The number of nitrogens with zero attached hydrogens (tertiary/aromatic N) is 3. The van der Waals surface area contributed by atoms with Crippen molar-refractivity contribution in [3.8, 4) is 0 Å². The molecule has 4 rings (SSSR count). The van der Waals surface area contributed by atoms with E-state index < -0.39 is 59.4 Å². The van der Waals surface area contributed by atoms with Crippen LogP contribution in [0.25, 0.3) is 5.57 Å². The van der Waals surface area contributed by atoms with Crippen LogP contribution < -0.4 is 21.3 Å². The highest BCUT2D eigenvalue weighted by Gasteiger charge is 2.52. The van der Waals surface area contributed by atoms with Gasteiger partial charge in [0.05, 0.1) is 34.4 Å². The van der Waals surface area contributed by atoms with Gasteiger partial charge in [-0.25, -0.2) is 14.4 Å². The normalized spacial score (nSPS) is 18.6. The fourth-order valence-corrected chi connectivity index (χ4v) is 5.32. The number of likely N-dealkylation sites (N-methyl/N-ethyl adjacent to an activating group) is 1. The Labute approximate surface area is 261 Å². The minimum atomic E-state index is -5.04. The van der Waals surface area contributed by atoms with E-state index in [2.05, 4.69) is 36.1 Å². The number of nitrogens with one attached hydrogen (secondary N) is 4. The molecule has 2 atom stereocenters. The van der Waals surface area contributed by atoms with Crippen molar-refractivity contribution in [2.24, 2.45) is 5.92 Å². The minimum Gasteiger partial charge on any atom is -0.465 e. The second-order valence-corrected chi connectivity index (χ2v) is 10.5. The lowest BCUT2D eigenvalue weighted by Gasteiger charge is -2.22. The highest BCUT2D eigenvalue weighted by molar-refractivity contribution is 6.33. The average molecular weight is 654 g/mol. The number of amides is 2. The van der Waals surface area contributed by atoms with Crippen LogP contribution in [0.1, 0.15) is 32.8 Å². The Morgan fingerprint density at radius 2 is 1.91 bits per heavy atom. The fourth-order valence-electron chi connectivity index (χ4n) is 5.14. The number of hydrogen-bond acceptors (Lipinski definition) is 9. The van der Waals surface area contributed by atoms with Crippen LogP contribution in [0.2, 0.25) is 5.02 Å². The van der Waals surface area contributed by atoms with E-state index in [0.717, 1.165) is 31.6 Å². The molecule has 1 aromatic carbocycles. The first-order valence-electron chi connectivity index (χ1n) is 14.2. The number of anilines is 3. The first-order chi connectivity index (χ1) is 21.4. The first kappa shape index (κ1) is 33.6. The summed E-state index contributed by atoms with van der Waals surface area (Å²) in [5.74, 6) is -5.05. The summed E-state index contributed by atoms with van der Waals surface area (Å²) in [5, 5.41) is 10.5. The summed E-state index contributed by atoms with van der Waals surface area (Å²) in [6.07, 6.45) is -3.45. The number of allylic oxidation sites excluding steroid dienone is 1.